The van der Waals surface area contributed by atoms with Crippen LogP contribution in [0.2, 0.25) is 0 Å². The minimum Gasteiger partial charge on any atom is -0.374 e. The SMILES string of the molecule is Cc1ccncc1C(N)C1CN(C)CCO1. The van der Waals surface area contributed by atoms with E-state index in [0.29, 0.717) is 0 Å². The lowest BCUT2D eigenvalue weighted by molar-refractivity contribution is -0.0327. The molecule has 2 rings (SSSR count). The standard InChI is InChI=1S/C12H19N3O/c1-9-3-4-14-7-10(9)12(13)11-8-15(2)5-6-16-11/h3-4,7,11-12H,5-6,8,13H2,1-2H3. The quantitative estimate of drug-likeness (QED) is 0.799. The number of morpholine rings is 1. The van der Waals surface area contributed by atoms with Crippen LogP contribution in [0, 0.1) is 6.92 Å². The van der Waals surface area contributed by atoms with Crippen molar-refractivity contribution in [3.63, 3.8) is 0 Å². The summed E-state index contributed by atoms with van der Waals surface area (Å²) in [4.78, 5) is 6.38. The minimum absolute atomic E-state index is 0.0710. The molecule has 1 aliphatic heterocycles. The molecule has 2 atom stereocenters. The lowest BCUT2D eigenvalue weighted by atomic mass is 9.99. The maximum atomic E-state index is 6.24. The van der Waals surface area contributed by atoms with Crippen LogP contribution in [0.4, 0.5) is 0 Å². The molecular formula is C12H19N3O. The first-order valence-electron chi connectivity index (χ1n) is 5.64. The molecule has 2 unspecified atom stereocenters. The van der Waals surface area contributed by atoms with Gasteiger partial charge < -0.3 is 15.4 Å². The molecule has 0 aromatic carbocycles. The molecular weight excluding hydrogens is 202 g/mol. The fraction of sp³-hybridized carbons (Fsp3) is 0.583. The van der Waals surface area contributed by atoms with Gasteiger partial charge in [0.25, 0.3) is 0 Å². The summed E-state index contributed by atoms with van der Waals surface area (Å²) in [5, 5.41) is 0. The minimum atomic E-state index is -0.0866. The molecule has 4 nitrogen and oxygen atoms in total. The number of rotatable bonds is 2. The van der Waals surface area contributed by atoms with E-state index in [2.05, 4.69) is 23.9 Å². The highest BCUT2D eigenvalue weighted by atomic mass is 16.5. The predicted molar refractivity (Wildman–Crippen MR) is 63.1 cm³/mol. The number of hydrogen-bond donors (Lipinski definition) is 1. The van der Waals surface area contributed by atoms with E-state index in [1.165, 1.54) is 5.56 Å². The summed E-state index contributed by atoms with van der Waals surface area (Å²) in [6.45, 7) is 4.68. The fourth-order valence-corrected chi connectivity index (χ4v) is 2.05. The van der Waals surface area contributed by atoms with Crippen molar-refractivity contribution in [1.82, 2.24) is 9.88 Å². The summed E-state index contributed by atoms with van der Waals surface area (Å²) in [6.07, 6.45) is 3.71. The second kappa shape index (κ2) is 4.91. The molecule has 0 radical (unpaired) electrons. The molecule has 1 aromatic heterocycles. The highest BCUT2D eigenvalue weighted by Crippen LogP contribution is 2.21. The molecule has 0 spiro atoms. The van der Waals surface area contributed by atoms with Crippen molar-refractivity contribution in [2.24, 2.45) is 5.73 Å². The molecule has 88 valence electrons. The van der Waals surface area contributed by atoms with Gasteiger partial charge in [-0.15, -0.1) is 0 Å². The lowest BCUT2D eigenvalue weighted by Crippen LogP contribution is -2.45. The third-order valence-electron chi connectivity index (χ3n) is 3.14. The zero-order valence-corrected chi connectivity index (χ0v) is 9.89. The van der Waals surface area contributed by atoms with Crippen LogP contribution in [0.3, 0.4) is 0 Å². The van der Waals surface area contributed by atoms with Crippen LogP contribution in [-0.4, -0.2) is 42.7 Å². The summed E-state index contributed by atoms with van der Waals surface area (Å²) in [6, 6.07) is 1.90. The number of ether oxygens (including phenoxy) is 1. The van der Waals surface area contributed by atoms with Gasteiger partial charge in [0.05, 0.1) is 18.8 Å². The number of aryl methyl sites for hydroxylation is 1. The first kappa shape index (κ1) is 11.5. The maximum Gasteiger partial charge on any atom is 0.0895 e. The first-order valence-corrected chi connectivity index (χ1v) is 5.64. The van der Waals surface area contributed by atoms with Gasteiger partial charge in [-0.1, -0.05) is 0 Å². The van der Waals surface area contributed by atoms with Crippen molar-refractivity contribution in [3.8, 4) is 0 Å². The van der Waals surface area contributed by atoms with Gasteiger partial charge in [-0.25, -0.2) is 0 Å². The Kier molecular flexibility index (Phi) is 3.53. The van der Waals surface area contributed by atoms with E-state index >= 15 is 0 Å². The second-order valence-corrected chi connectivity index (χ2v) is 4.43. The van der Waals surface area contributed by atoms with Gasteiger partial charge in [0.2, 0.25) is 0 Å². The summed E-state index contributed by atoms with van der Waals surface area (Å²) in [7, 11) is 2.10. The normalized spacial score (nSPS) is 24.3. The monoisotopic (exact) mass is 221 g/mol. The van der Waals surface area contributed by atoms with Gasteiger partial charge in [-0.3, -0.25) is 4.98 Å². The first-order chi connectivity index (χ1) is 7.68. The van der Waals surface area contributed by atoms with Crippen molar-refractivity contribution >= 4 is 0 Å². The molecule has 0 aliphatic carbocycles. The molecule has 1 aliphatic rings. The van der Waals surface area contributed by atoms with Crippen molar-refractivity contribution in [3.05, 3.63) is 29.6 Å². The highest BCUT2D eigenvalue weighted by Gasteiger charge is 2.26. The Bertz CT molecular complexity index is 356. The average Bonchev–Trinajstić information content (AvgIpc) is 2.29. The average molecular weight is 221 g/mol. The summed E-state index contributed by atoms with van der Waals surface area (Å²) >= 11 is 0. The Hall–Kier alpha value is -0.970. The highest BCUT2D eigenvalue weighted by molar-refractivity contribution is 5.25. The van der Waals surface area contributed by atoms with Gasteiger partial charge >= 0.3 is 0 Å². The van der Waals surface area contributed by atoms with E-state index in [4.69, 9.17) is 10.5 Å². The van der Waals surface area contributed by atoms with E-state index in [1.807, 2.05) is 12.3 Å². The smallest absolute Gasteiger partial charge is 0.0895 e. The molecule has 1 fully saturated rings. The molecule has 1 aromatic rings. The number of aromatic nitrogens is 1. The third-order valence-corrected chi connectivity index (χ3v) is 3.14. The number of hydrogen-bond acceptors (Lipinski definition) is 4. The number of nitrogens with two attached hydrogens (primary N) is 1. The Labute approximate surface area is 96.4 Å². The molecule has 2 N–H and O–H groups in total. The van der Waals surface area contributed by atoms with Crippen molar-refractivity contribution in [2.75, 3.05) is 26.7 Å². The van der Waals surface area contributed by atoms with Crippen LogP contribution in [0.1, 0.15) is 17.2 Å². The number of pyridine rings is 1. The lowest BCUT2D eigenvalue weighted by Gasteiger charge is -2.34. The van der Waals surface area contributed by atoms with Crippen LogP contribution in [0.25, 0.3) is 0 Å². The Balaban J connectivity index is 2.12. The van der Waals surface area contributed by atoms with Gasteiger partial charge in [-0.05, 0) is 31.2 Å². The molecule has 0 amide bonds. The Morgan fingerprint density at radius 2 is 2.44 bits per heavy atom. The largest absolute Gasteiger partial charge is 0.374 e. The summed E-state index contributed by atoms with van der Waals surface area (Å²) < 4.78 is 5.73. The zero-order chi connectivity index (χ0) is 11.5. The van der Waals surface area contributed by atoms with Crippen molar-refractivity contribution in [2.45, 2.75) is 19.1 Å². The molecule has 2 heterocycles. The van der Waals surface area contributed by atoms with E-state index in [1.54, 1.807) is 6.20 Å². The van der Waals surface area contributed by atoms with Gasteiger partial charge in [0, 0.05) is 25.5 Å². The van der Waals surface area contributed by atoms with E-state index < -0.39 is 0 Å². The van der Waals surface area contributed by atoms with Crippen LogP contribution in [0.15, 0.2) is 18.5 Å². The van der Waals surface area contributed by atoms with Crippen molar-refractivity contribution < 1.29 is 4.74 Å². The summed E-state index contributed by atoms with van der Waals surface area (Å²) in [5.41, 5.74) is 8.51. The van der Waals surface area contributed by atoms with Gasteiger partial charge in [-0.2, -0.15) is 0 Å². The van der Waals surface area contributed by atoms with Crippen LogP contribution < -0.4 is 5.73 Å². The van der Waals surface area contributed by atoms with Crippen LogP contribution in [-0.2, 0) is 4.74 Å². The molecule has 1 saturated heterocycles. The van der Waals surface area contributed by atoms with E-state index in [9.17, 15) is 0 Å². The molecule has 0 bridgehead atoms. The van der Waals surface area contributed by atoms with Crippen LogP contribution in [0.5, 0.6) is 0 Å². The fourth-order valence-electron chi connectivity index (χ4n) is 2.05. The van der Waals surface area contributed by atoms with E-state index in [-0.39, 0.29) is 12.1 Å². The zero-order valence-electron chi connectivity index (χ0n) is 9.89. The number of nitrogens with zero attached hydrogens (tertiary/aromatic N) is 2. The van der Waals surface area contributed by atoms with E-state index in [0.717, 1.165) is 25.3 Å². The molecule has 4 heteroatoms. The van der Waals surface area contributed by atoms with Gasteiger partial charge in [0.15, 0.2) is 0 Å². The maximum absolute atomic E-state index is 6.24. The second-order valence-electron chi connectivity index (χ2n) is 4.43. The van der Waals surface area contributed by atoms with Crippen LogP contribution >= 0.6 is 0 Å². The Morgan fingerprint density at radius 3 is 3.12 bits per heavy atom. The number of likely N-dealkylation sites (N-methyl/N-ethyl adjacent to an activating group) is 1. The summed E-state index contributed by atoms with van der Waals surface area (Å²) in [5.74, 6) is 0. The molecule has 16 heavy (non-hydrogen) atoms. The third kappa shape index (κ3) is 2.40. The Morgan fingerprint density at radius 1 is 1.62 bits per heavy atom. The molecule has 0 saturated carbocycles. The van der Waals surface area contributed by atoms with Crippen molar-refractivity contribution in [1.29, 1.82) is 0 Å². The van der Waals surface area contributed by atoms with Gasteiger partial charge in [0.1, 0.15) is 0 Å². The topological polar surface area (TPSA) is 51.4 Å². The predicted octanol–water partition coefficient (Wildman–Crippen LogP) is 0.720.